The summed E-state index contributed by atoms with van der Waals surface area (Å²) < 4.78 is 9.99. The van der Waals surface area contributed by atoms with Gasteiger partial charge in [-0.25, -0.2) is 19.6 Å². The fourth-order valence-corrected chi connectivity index (χ4v) is 3.41. The molecule has 1 atom stereocenters. The van der Waals surface area contributed by atoms with Crippen LogP contribution in [0.5, 0.6) is 0 Å². The van der Waals surface area contributed by atoms with E-state index in [9.17, 15) is 14.4 Å². The zero-order chi connectivity index (χ0) is 28.6. The fraction of sp³-hybridized carbons (Fsp3) is 0.346. The summed E-state index contributed by atoms with van der Waals surface area (Å²) in [6, 6.07) is 5.88. The van der Waals surface area contributed by atoms with Crippen LogP contribution in [0, 0.1) is 0 Å². The van der Waals surface area contributed by atoms with Crippen molar-refractivity contribution >= 4 is 53.1 Å². The molecule has 0 saturated carbocycles. The molecule has 3 aromatic rings. The van der Waals surface area contributed by atoms with Crippen molar-refractivity contribution in [2.45, 2.75) is 45.3 Å². The van der Waals surface area contributed by atoms with E-state index in [1.165, 1.54) is 13.3 Å². The number of carbonyl (C=O) groups is 3. The van der Waals surface area contributed by atoms with Gasteiger partial charge in [-0.1, -0.05) is 18.2 Å². The highest BCUT2D eigenvalue weighted by atomic mass is 16.6. The van der Waals surface area contributed by atoms with Gasteiger partial charge >= 0.3 is 12.1 Å². The van der Waals surface area contributed by atoms with E-state index in [0.29, 0.717) is 28.8 Å². The zero-order valence-electron chi connectivity index (χ0n) is 22.2. The number of methoxy groups -OCH3 is 1. The van der Waals surface area contributed by atoms with E-state index >= 15 is 0 Å². The number of aromatic nitrogens is 4. The Morgan fingerprint density at radius 1 is 1.05 bits per heavy atom. The van der Waals surface area contributed by atoms with Gasteiger partial charge in [-0.3, -0.25) is 4.79 Å². The Labute approximate surface area is 225 Å². The average Bonchev–Trinajstić information content (AvgIpc) is 2.88. The molecule has 39 heavy (non-hydrogen) atoms. The van der Waals surface area contributed by atoms with Gasteiger partial charge in [0, 0.05) is 12.1 Å². The summed E-state index contributed by atoms with van der Waals surface area (Å²) in [4.78, 5) is 53.2. The van der Waals surface area contributed by atoms with E-state index in [1.54, 1.807) is 57.2 Å². The number of nitrogens with one attached hydrogen (secondary N) is 2. The lowest BCUT2D eigenvalue weighted by molar-refractivity contribution is -0.143. The number of benzene rings is 1. The number of fused-ring (bicyclic) bond motifs is 1. The molecule has 13 nitrogen and oxygen atoms in total. The minimum absolute atomic E-state index is 0.0230. The van der Waals surface area contributed by atoms with Gasteiger partial charge in [-0.05, 0) is 57.4 Å². The molecule has 0 aliphatic rings. The number of carbonyl (C=O) groups excluding carboxylic acids is 3. The maximum atomic E-state index is 12.8. The topological polar surface area (TPSA) is 197 Å². The zero-order valence-corrected chi connectivity index (χ0v) is 22.2. The molecule has 0 radical (unpaired) electrons. The molecule has 0 fully saturated rings. The second-order valence-electron chi connectivity index (χ2n) is 9.51. The average molecular weight is 537 g/mol. The van der Waals surface area contributed by atoms with Gasteiger partial charge in [0.1, 0.15) is 11.6 Å². The van der Waals surface area contributed by atoms with Crippen LogP contribution in [-0.2, 0) is 14.3 Å². The van der Waals surface area contributed by atoms with Crippen LogP contribution < -0.4 is 22.1 Å². The highest BCUT2D eigenvalue weighted by Crippen LogP contribution is 2.16. The molecule has 0 saturated heterocycles. The highest BCUT2D eigenvalue weighted by molar-refractivity contribution is 5.97. The first-order valence-corrected chi connectivity index (χ1v) is 12.1. The van der Waals surface area contributed by atoms with Crippen molar-refractivity contribution in [2.75, 3.05) is 25.1 Å². The number of esters is 1. The van der Waals surface area contributed by atoms with E-state index in [2.05, 4.69) is 30.6 Å². The van der Waals surface area contributed by atoms with Crippen LogP contribution in [0.15, 0.2) is 30.5 Å². The number of rotatable bonds is 9. The van der Waals surface area contributed by atoms with Crippen LogP contribution in [0.4, 0.5) is 16.6 Å². The Bertz CT molecular complexity index is 1370. The van der Waals surface area contributed by atoms with Gasteiger partial charge in [0.05, 0.1) is 19.0 Å². The number of ether oxygens (including phenoxy) is 2. The molecule has 2 amide bonds. The molecule has 3 rings (SSSR count). The van der Waals surface area contributed by atoms with E-state index in [4.69, 9.17) is 20.9 Å². The monoisotopic (exact) mass is 536 g/mol. The summed E-state index contributed by atoms with van der Waals surface area (Å²) in [5.74, 6) is -0.850. The Hall–Kier alpha value is -4.81. The van der Waals surface area contributed by atoms with Crippen LogP contribution in [0.3, 0.4) is 0 Å². The third-order valence-electron chi connectivity index (χ3n) is 5.22. The molecule has 13 heteroatoms. The van der Waals surface area contributed by atoms with Gasteiger partial charge in [0.25, 0.3) is 5.91 Å². The quantitative estimate of drug-likeness (QED) is 0.231. The van der Waals surface area contributed by atoms with Gasteiger partial charge in [0.2, 0.25) is 5.95 Å². The number of nitrogens with two attached hydrogens (primary N) is 2. The molecule has 6 N–H and O–H groups in total. The molecule has 2 aromatic heterocycles. The number of anilines is 2. The number of hydrogen-bond acceptors (Lipinski definition) is 11. The molecule has 0 aliphatic carbocycles. The summed E-state index contributed by atoms with van der Waals surface area (Å²) in [6.45, 7) is 5.57. The minimum atomic E-state index is -0.874. The van der Waals surface area contributed by atoms with Crippen molar-refractivity contribution in [2.24, 2.45) is 0 Å². The van der Waals surface area contributed by atoms with Crippen molar-refractivity contribution in [1.82, 2.24) is 30.6 Å². The second kappa shape index (κ2) is 12.6. The van der Waals surface area contributed by atoms with Crippen LogP contribution in [0.25, 0.3) is 23.3 Å². The number of nitrogen functional groups attached to an aromatic ring is 2. The number of alkyl carbamates (subject to hydrolysis) is 1. The summed E-state index contributed by atoms with van der Waals surface area (Å²) in [5.41, 5.74) is 13.2. The summed E-state index contributed by atoms with van der Waals surface area (Å²) in [5, 5.41) is 5.31. The summed E-state index contributed by atoms with van der Waals surface area (Å²) in [7, 11) is 1.25. The first-order chi connectivity index (χ1) is 18.4. The lowest BCUT2D eigenvalue weighted by Crippen LogP contribution is -2.42. The molecule has 0 aliphatic heterocycles. The van der Waals surface area contributed by atoms with Crippen molar-refractivity contribution in [3.05, 3.63) is 47.3 Å². The van der Waals surface area contributed by atoms with Crippen molar-refractivity contribution in [1.29, 1.82) is 0 Å². The molecule has 0 bridgehead atoms. The highest BCUT2D eigenvalue weighted by Gasteiger charge is 2.22. The Morgan fingerprint density at radius 3 is 2.44 bits per heavy atom. The SMILES string of the molecule is COC(=O)[C@H](CCCNC(=O)OC(C)(C)C)NC(=O)c1ccc(/C=C/c2cnc3nc(N)nc(N)c3n2)cc1. The fourth-order valence-electron chi connectivity index (χ4n) is 3.41. The molecule has 0 spiro atoms. The van der Waals surface area contributed by atoms with E-state index in [1.807, 2.05) is 0 Å². The van der Waals surface area contributed by atoms with Gasteiger partial charge in [-0.2, -0.15) is 9.97 Å². The van der Waals surface area contributed by atoms with E-state index in [0.717, 1.165) is 5.56 Å². The van der Waals surface area contributed by atoms with Crippen molar-refractivity contribution < 1.29 is 23.9 Å². The third kappa shape index (κ3) is 8.62. The molecule has 2 heterocycles. The van der Waals surface area contributed by atoms with Gasteiger partial charge < -0.3 is 31.6 Å². The minimum Gasteiger partial charge on any atom is -0.467 e. The largest absolute Gasteiger partial charge is 0.467 e. The first-order valence-electron chi connectivity index (χ1n) is 12.1. The van der Waals surface area contributed by atoms with Gasteiger partial charge in [-0.15, -0.1) is 0 Å². The first kappa shape index (κ1) is 28.8. The summed E-state index contributed by atoms with van der Waals surface area (Å²) in [6.07, 6.45) is 5.20. The second-order valence-corrected chi connectivity index (χ2v) is 9.51. The number of hydrogen-bond donors (Lipinski definition) is 4. The normalized spacial score (nSPS) is 12.2. The van der Waals surface area contributed by atoms with Crippen molar-refractivity contribution in [3.63, 3.8) is 0 Å². The lowest BCUT2D eigenvalue weighted by atomic mass is 10.1. The van der Waals surface area contributed by atoms with Crippen LogP contribution in [-0.4, -0.2) is 63.2 Å². The lowest BCUT2D eigenvalue weighted by Gasteiger charge is -2.20. The molecular weight excluding hydrogens is 504 g/mol. The predicted molar refractivity (Wildman–Crippen MR) is 146 cm³/mol. The maximum Gasteiger partial charge on any atom is 0.407 e. The van der Waals surface area contributed by atoms with Crippen LogP contribution in [0.2, 0.25) is 0 Å². The standard InChI is InChI=1S/C26H32N8O5/c1-26(2,3)39-25(37)29-13-5-6-18(23(36)38-4)32-22(35)16-10-7-15(8-11-16)9-12-17-14-30-21-19(31-17)20(27)33-24(28)34-21/h7-12,14,18H,5-6,13H2,1-4H3,(H,29,37)(H,32,35)(H4,27,28,30,33,34)/b12-9+/t18-/m0/s1. The Kier molecular flexibility index (Phi) is 9.31. The van der Waals surface area contributed by atoms with Crippen LogP contribution >= 0.6 is 0 Å². The Balaban J connectivity index is 1.58. The van der Waals surface area contributed by atoms with Gasteiger partial charge in [0.15, 0.2) is 17.0 Å². The molecular formula is C26H32N8O5. The van der Waals surface area contributed by atoms with Crippen LogP contribution in [0.1, 0.15) is 55.2 Å². The molecule has 206 valence electrons. The summed E-state index contributed by atoms with van der Waals surface area (Å²) >= 11 is 0. The maximum absolute atomic E-state index is 12.8. The third-order valence-corrected chi connectivity index (χ3v) is 5.22. The number of amides is 2. The van der Waals surface area contributed by atoms with Crippen molar-refractivity contribution in [3.8, 4) is 0 Å². The Morgan fingerprint density at radius 2 is 1.77 bits per heavy atom. The smallest absolute Gasteiger partial charge is 0.407 e. The predicted octanol–water partition coefficient (Wildman–Crippen LogP) is 2.33. The molecule has 0 unspecified atom stereocenters. The van der Waals surface area contributed by atoms with E-state index in [-0.39, 0.29) is 24.7 Å². The number of nitrogens with zero attached hydrogens (tertiary/aromatic N) is 4. The molecule has 1 aromatic carbocycles. The van der Waals surface area contributed by atoms with E-state index < -0.39 is 29.6 Å².